The van der Waals surface area contributed by atoms with Crippen LogP contribution in [0.3, 0.4) is 0 Å². The number of rotatable bonds is 3. The van der Waals surface area contributed by atoms with Crippen LogP contribution in [0.25, 0.3) is 0 Å². The summed E-state index contributed by atoms with van der Waals surface area (Å²) in [6.45, 7) is 5.09. The molecule has 0 aromatic heterocycles. The lowest BCUT2D eigenvalue weighted by Gasteiger charge is -2.28. The van der Waals surface area contributed by atoms with Crippen LogP contribution in [0.5, 0.6) is 0 Å². The smallest absolute Gasteiger partial charge is 0.0465 e. The standard InChI is InChI=1S/C13H18BrClN2/c1-2-17-6-5-9(8-16)13(17)11-4-3-10(14)7-12(11)15/h3-4,7,9,13H,2,5-6,8,16H2,1H3. The van der Waals surface area contributed by atoms with Crippen LogP contribution >= 0.6 is 27.5 Å². The number of halogens is 2. The van der Waals surface area contributed by atoms with E-state index in [-0.39, 0.29) is 0 Å². The molecule has 0 saturated carbocycles. The number of nitrogens with zero attached hydrogens (tertiary/aromatic N) is 1. The number of likely N-dealkylation sites (tertiary alicyclic amines) is 1. The van der Waals surface area contributed by atoms with E-state index in [4.69, 9.17) is 17.3 Å². The van der Waals surface area contributed by atoms with Crippen molar-refractivity contribution in [2.75, 3.05) is 19.6 Å². The maximum atomic E-state index is 6.36. The molecule has 1 aliphatic rings. The summed E-state index contributed by atoms with van der Waals surface area (Å²) in [6, 6.07) is 6.52. The molecular weight excluding hydrogens is 300 g/mol. The maximum Gasteiger partial charge on any atom is 0.0465 e. The normalized spacial score (nSPS) is 25.4. The first kappa shape index (κ1) is 13.3. The van der Waals surface area contributed by atoms with Gasteiger partial charge in [-0.15, -0.1) is 0 Å². The molecule has 2 N–H and O–H groups in total. The van der Waals surface area contributed by atoms with Gasteiger partial charge >= 0.3 is 0 Å². The van der Waals surface area contributed by atoms with Crippen LogP contribution in [0, 0.1) is 5.92 Å². The summed E-state index contributed by atoms with van der Waals surface area (Å²) in [5.74, 6) is 0.522. The van der Waals surface area contributed by atoms with Gasteiger partial charge in [-0.1, -0.05) is 40.5 Å². The maximum absolute atomic E-state index is 6.36. The molecule has 1 aromatic carbocycles. The highest BCUT2D eigenvalue weighted by Crippen LogP contribution is 2.40. The van der Waals surface area contributed by atoms with Crippen molar-refractivity contribution in [3.8, 4) is 0 Å². The zero-order valence-electron chi connectivity index (χ0n) is 10.00. The highest BCUT2D eigenvalue weighted by molar-refractivity contribution is 9.10. The molecule has 2 nitrogen and oxygen atoms in total. The van der Waals surface area contributed by atoms with Crippen LogP contribution < -0.4 is 5.73 Å². The van der Waals surface area contributed by atoms with Crippen molar-refractivity contribution in [1.82, 2.24) is 4.90 Å². The average molecular weight is 318 g/mol. The van der Waals surface area contributed by atoms with Crippen molar-refractivity contribution in [2.24, 2.45) is 11.7 Å². The van der Waals surface area contributed by atoms with E-state index in [1.807, 2.05) is 6.07 Å². The summed E-state index contributed by atoms with van der Waals surface area (Å²) in [4.78, 5) is 2.46. The van der Waals surface area contributed by atoms with E-state index < -0.39 is 0 Å². The fourth-order valence-corrected chi connectivity index (χ4v) is 3.51. The summed E-state index contributed by atoms with van der Waals surface area (Å²) in [5, 5.41) is 0.836. The summed E-state index contributed by atoms with van der Waals surface area (Å²) in [7, 11) is 0. The molecule has 0 aliphatic carbocycles. The zero-order valence-corrected chi connectivity index (χ0v) is 12.3. The third-order valence-electron chi connectivity index (χ3n) is 3.62. The molecule has 0 amide bonds. The molecule has 0 radical (unpaired) electrons. The second-order valence-electron chi connectivity index (χ2n) is 4.52. The number of hydrogen-bond donors (Lipinski definition) is 1. The molecule has 2 rings (SSSR count). The summed E-state index contributed by atoms with van der Waals surface area (Å²) in [6.07, 6.45) is 1.17. The van der Waals surface area contributed by atoms with E-state index in [2.05, 4.69) is 39.9 Å². The Hall–Kier alpha value is -0.0900. The van der Waals surface area contributed by atoms with Crippen molar-refractivity contribution in [3.05, 3.63) is 33.3 Å². The van der Waals surface area contributed by atoms with Crippen LogP contribution in [0.15, 0.2) is 22.7 Å². The fraction of sp³-hybridized carbons (Fsp3) is 0.538. The van der Waals surface area contributed by atoms with Crippen LogP contribution in [0.1, 0.15) is 24.9 Å². The molecule has 1 aliphatic heterocycles. The van der Waals surface area contributed by atoms with E-state index in [1.54, 1.807) is 0 Å². The van der Waals surface area contributed by atoms with Crippen molar-refractivity contribution in [2.45, 2.75) is 19.4 Å². The Kier molecular flexibility index (Phi) is 4.47. The monoisotopic (exact) mass is 316 g/mol. The molecule has 1 fully saturated rings. The lowest BCUT2D eigenvalue weighted by Crippen LogP contribution is -2.28. The molecule has 1 saturated heterocycles. The SMILES string of the molecule is CCN1CCC(CN)C1c1ccc(Br)cc1Cl. The van der Waals surface area contributed by atoms with Gasteiger partial charge in [-0.2, -0.15) is 0 Å². The van der Waals surface area contributed by atoms with Gasteiger partial charge in [0.2, 0.25) is 0 Å². The Morgan fingerprint density at radius 2 is 2.29 bits per heavy atom. The predicted molar refractivity (Wildman–Crippen MR) is 76.3 cm³/mol. The average Bonchev–Trinajstić information content (AvgIpc) is 2.71. The molecule has 4 heteroatoms. The van der Waals surface area contributed by atoms with Gasteiger partial charge in [0, 0.05) is 15.5 Å². The van der Waals surface area contributed by atoms with Crippen LogP contribution in [0.2, 0.25) is 5.02 Å². The Morgan fingerprint density at radius 3 is 2.88 bits per heavy atom. The van der Waals surface area contributed by atoms with Gasteiger partial charge in [0.1, 0.15) is 0 Å². The van der Waals surface area contributed by atoms with Crippen LogP contribution in [-0.4, -0.2) is 24.5 Å². The minimum atomic E-state index is 0.380. The topological polar surface area (TPSA) is 29.3 Å². The molecule has 0 bridgehead atoms. The second-order valence-corrected chi connectivity index (χ2v) is 5.85. The van der Waals surface area contributed by atoms with E-state index in [0.717, 1.165) is 29.1 Å². The van der Waals surface area contributed by atoms with E-state index in [9.17, 15) is 0 Å². The summed E-state index contributed by atoms with van der Waals surface area (Å²) < 4.78 is 1.02. The number of hydrogen-bond acceptors (Lipinski definition) is 2. The lowest BCUT2D eigenvalue weighted by atomic mass is 9.94. The van der Waals surface area contributed by atoms with Gasteiger partial charge in [-0.05, 0) is 49.7 Å². The fourth-order valence-electron chi connectivity index (χ4n) is 2.72. The zero-order chi connectivity index (χ0) is 12.4. The first-order valence-electron chi connectivity index (χ1n) is 6.06. The van der Waals surface area contributed by atoms with Gasteiger partial charge in [-0.3, -0.25) is 4.90 Å². The quantitative estimate of drug-likeness (QED) is 0.925. The highest BCUT2D eigenvalue weighted by Gasteiger charge is 2.34. The van der Waals surface area contributed by atoms with Crippen molar-refractivity contribution in [1.29, 1.82) is 0 Å². The highest BCUT2D eigenvalue weighted by atomic mass is 79.9. The van der Waals surface area contributed by atoms with Crippen molar-refractivity contribution in [3.63, 3.8) is 0 Å². The minimum absolute atomic E-state index is 0.380. The first-order chi connectivity index (χ1) is 8.17. The van der Waals surface area contributed by atoms with Crippen molar-refractivity contribution < 1.29 is 0 Å². The Labute approximate surface area is 116 Å². The first-order valence-corrected chi connectivity index (χ1v) is 7.23. The van der Waals surface area contributed by atoms with Gasteiger partial charge in [0.05, 0.1) is 0 Å². The summed E-state index contributed by atoms with van der Waals surface area (Å²) in [5.41, 5.74) is 7.09. The Bertz CT molecular complexity index is 385. The van der Waals surface area contributed by atoms with Crippen LogP contribution in [0.4, 0.5) is 0 Å². The van der Waals surface area contributed by atoms with Gasteiger partial charge in [0.15, 0.2) is 0 Å². The molecule has 1 heterocycles. The van der Waals surface area contributed by atoms with E-state index >= 15 is 0 Å². The van der Waals surface area contributed by atoms with Gasteiger partial charge in [0.25, 0.3) is 0 Å². The predicted octanol–water partition coefficient (Wildman–Crippen LogP) is 3.44. The number of nitrogens with two attached hydrogens (primary N) is 1. The Balaban J connectivity index is 2.34. The van der Waals surface area contributed by atoms with Gasteiger partial charge in [-0.25, -0.2) is 0 Å². The van der Waals surface area contributed by atoms with Crippen LogP contribution in [-0.2, 0) is 0 Å². The Morgan fingerprint density at radius 1 is 1.53 bits per heavy atom. The largest absolute Gasteiger partial charge is 0.330 e. The third-order valence-corrected chi connectivity index (χ3v) is 4.44. The molecule has 2 unspecified atom stereocenters. The third kappa shape index (κ3) is 2.68. The van der Waals surface area contributed by atoms with Crippen molar-refractivity contribution >= 4 is 27.5 Å². The minimum Gasteiger partial charge on any atom is -0.330 e. The lowest BCUT2D eigenvalue weighted by molar-refractivity contribution is 0.242. The molecule has 17 heavy (non-hydrogen) atoms. The molecule has 2 atom stereocenters. The van der Waals surface area contributed by atoms with E-state index in [1.165, 1.54) is 12.0 Å². The molecular formula is C13H18BrClN2. The second kappa shape index (κ2) is 5.70. The van der Waals surface area contributed by atoms with E-state index in [0.29, 0.717) is 12.0 Å². The van der Waals surface area contributed by atoms with Gasteiger partial charge < -0.3 is 5.73 Å². The molecule has 94 valence electrons. The summed E-state index contributed by atoms with van der Waals surface area (Å²) >= 11 is 9.80. The molecule has 0 spiro atoms. The molecule has 1 aromatic rings. The number of benzene rings is 1.